The van der Waals surface area contributed by atoms with Crippen LogP contribution < -0.4 is 5.32 Å². The minimum atomic E-state index is 0.281. The standard InChI is InChI=1S/C14H25N3OS/c1-4-15-8-14(5-6-18-10-14)9-17(3)7-13-12(2)16-11-19-13/h11,15H,4-10H2,1-3H3. The highest BCUT2D eigenvalue weighted by Crippen LogP contribution is 2.29. The summed E-state index contributed by atoms with van der Waals surface area (Å²) >= 11 is 1.75. The molecule has 0 spiro atoms. The summed E-state index contributed by atoms with van der Waals surface area (Å²) in [7, 11) is 2.20. The predicted octanol–water partition coefficient (Wildman–Crippen LogP) is 1.90. The molecule has 1 unspecified atom stereocenters. The van der Waals surface area contributed by atoms with Gasteiger partial charge in [-0.15, -0.1) is 11.3 Å². The summed E-state index contributed by atoms with van der Waals surface area (Å²) in [4.78, 5) is 8.11. The van der Waals surface area contributed by atoms with E-state index < -0.39 is 0 Å². The van der Waals surface area contributed by atoms with E-state index in [0.717, 1.165) is 45.8 Å². The molecule has 1 atom stereocenters. The third kappa shape index (κ3) is 3.99. The van der Waals surface area contributed by atoms with E-state index in [1.807, 2.05) is 5.51 Å². The lowest BCUT2D eigenvalue weighted by molar-refractivity contribution is 0.117. The van der Waals surface area contributed by atoms with E-state index in [-0.39, 0.29) is 5.41 Å². The second-order valence-electron chi connectivity index (χ2n) is 5.62. The van der Waals surface area contributed by atoms with Gasteiger partial charge in [-0.25, -0.2) is 4.98 Å². The van der Waals surface area contributed by atoms with Gasteiger partial charge in [0.15, 0.2) is 0 Å². The number of nitrogens with zero attached hydrogens (tertiary/aromatic N) is 2. The molecule has 2 rings (SSSR count). The van der Waals surface area contributed by atoms with Gasteiger partial charge in [0.2, 0.25) is 0 Å². The van der Waals surface area contributed by atoms with E-state index in [1.54, 1.807) is 11.3 Å². The van der Waals surface area contributed by atoms with Gasteiger partial charge in [0, 0.05) is 36.5 Å². The van der Waals surface area contributed by atoms with Crippen molar-refractivity contribution in [3.63, 3.8) is 0 Å². The van der Waals surface area contributed by atoms with Crippen molar-refractivity contribution in [3.05, 3.63) is 16.1 Å². The van der Waals surface area contributed by atoms with Crippen LogP contribution in [-0.4, -0.2) is 49.8 Å². The summed E-state index contributed by atoms with van der Waals surface area (Å²) in [5, 5.41) is 3.49. The third-order valence-electron chi connectivity index (χ3n) is 3.80. The molecule has 0 radical (unpaired) electrons. The van der Waals surface area contributed by atoms with Crippen molar-refractivity contribution in [1.82, 2.24) is 15.2 Å². The third-order valence-corrected chi connectivity index (χ3v) is 4.72. The van der Waals surface area contributed by atoms with Crippen molar-refractivity contribution < 1.29 is 4.74 Å². The zero-order valence-corrected chi connectivity index (χ0v) is 13.1. The number of aromatic nitrogens is 1. The number of nitrogens with one attached hydrogen (secondary N) is 1. The van der Waals surface area contributed by atoms with E-state index in [9.17, 15) is 0 Å². The molecule has 1 saturated heterocycles. The Morgan fingerprint density at radius 3 is 3.00 bits per heavy atom. The van der Waals surface area contributed by atoms with Gasteiger partial charge in [0.05, 0.1) is 17.8 Å². The maximum absolute atomic E-state index is 5.64. The van der Waals surface area contributed by atoms with E-state index in [1.165, 1.54) is 10.6 Å². The first-order valence-electron chi connectivity index (χ1n) is 7.01. The topological polar surface area (TPSA) is 37.4 Å². The molecule has 0 aliphatic carbocycles. The van der Waals surface area contributed by atoms with Crippen LogP contribution in [0.2, 0.25) is 0 Å². The van der Waals surface area contributed by atoms with E-state index in [4.69, 9.17) is 4.74 Å². The van der Waals surface area contributed by atoms with Crippen LogP contribution in [0.5, 0.6) is 0 Å². The van der Waals surface area contributed by atoms with Crippen LogP contribution in [0.4, 0.5) is 0 Å². The smallest absolute Gasteiger partial charge is 0.0798 e. The summed E-state index contributed by atoms with van der Waals surface area (Å²) in [6.45, 7) is 10.2. The molecule has 1 aromatic heterocycles. The molecular weight excluding hydrogens is 258 g/mol. The van der Waals surface area contributed by atoms with Crippen molar-refractivity contribution in [2.45, 2.75) is 26.8 Å². The summed E-state index contributed by atoms with van der Waals surface area (Å²) < 4.78 is 5.64. The SMILES string of the molecule is CCNCC1(CN(C)Cc2scnc2C)CCOC1. The Morgan fingerprint density at radius 1 is 1.58 bits per heavy atom. The first kappa shape index (κ1) is 14.9. The molecule has 0 saturated carbocycles. The van der Waals surface area contributed by atoms with Crippen LogP contribution in [0.3, 0.4) is 0 Å². The fourth-order valence-electron chi connectivity index (χ4n) is 2.71. The molecule has 0 bridgehead atoms. The van der Waals surface area contributed by atoms with Gasteiger partial charge in [-0.1, -0.05) is 6.92 Å². The van der Waals surface area contributed by atoms with E-state index in [2.05, 4.69) is 36.1 Å². The number of hydrogen-bond acceptors (Lipinski definition) is 5. The van der Waals surface area contributed by atoms with E-state index in [0.29, 0.717) is 0 Å². The Bertz CT molecular complexity index is 388. The van der Waals surface area contributed by atoms with Crippen molar-refractivity contribution in [1.29, 1.82) is 0 Å². The van der Waals surface area contributed by atoms with Crippen molar-refractivity contribution >= 4 is 11.3 Å². The summed E-state index contributed by atoms with van der Waals surface area (Å²) in [6.07, 6.45) is 1.16. The van der Waals surface area contributed by atoms with Gasteiger partial charge in [0.1, 0.15) is 0 Å². The highest BCUT2D eigenvalue weighted by atomic mass is 32.1. The Labute approximate surface area is 120 Å². The fourth-order valence-corrected chi connectivity index (χ4v) is 3.57. The van der Waals surface area contributed by atoms with Crippen LogP contribution in [0.25, 0.3) is 0 Å². The Hall–Kier alpha value is -0.490. The zero-order chi connectivity index (χ0) is 13.7. The van der Waals surface area contributed by atoms with Crippen LogP contribution >= 0.6 is 11.3 Å². The molecule has 1 aliphatic rings. The largest absolute Gasteiger partial charge is 0.381 e. The van der Waals surface area contributed by atoms with Crippen molar-refractivity contribution in [3.8, 4) is 0 Å². The number of aryl methyl sites for hydroxylation is 1. The first-order chi connectivity index (χ1) is 9.15. The molecule has 1 aliphatic heterocycles. The van der Waals surface area contributed by atoms with Gasteiger partial charge in [-0.2, -0.15) is 0 Å². The Balaban J connectivity index is 1.91. The monoisotopic (exact) mass is 283 g/mol. The fraction of sp³-hybridized carbons (Fsp3) is 0.786. The summed E-state index contributed by atoms with van der Waals surface area (Å²) in [6, 6.07) is 0. The normalized spacial score (nSPS) is 23.4. The van der Waals surface area contributed by atoms with Gasteiger partial charge >= 0.3 is 0 Å². The van der Waals surface area contributed by atoms with Crippen LogP contribution in [-0.2, 0) is 11.3 Å². The molecule has 1 fully saturated rings. The molecule has 5 heteroatoms. The molecule has 2 heterocycles. The second kappa shape index (κ2) is 6.79. The summed E-state index contributed by atoms with van der Waals surface area (Å²) in [5.41, 5.74) is 3.38. The van der Waals surface area contributed by atoms with Gasteiger partial charge in [0.25, 0.3) is 0 Å². The average Bonchev–Trinajstić information content (AvgIpc) is 2.98. The molecule has 1 N–H and O–H groups in total. The first-order valence-corrected chi connectivity index (χ1v) is 7.89. The molecule has 1 aromatic rings. The highest BCUT2D eigenvalue weighted by Gasteiger charge is 2.35. The minimum absolute atomic E-state index is 0.281. The molecule has 0 aromatic carbocycles. The number of hydrogen-bond donors (Lipinski definition) is 1. The quantitative estimate of drug-likeness (QED) is 0.829. The van der Waals surface area contributed by atoms with Crippen molar-refractivity contribution in [2.24, 2.45) is 5.41 Å². The van der Waals surface area contributed by atoms with E-state index >= 15 is 0 Å². The number of thiazole rings is 1. The molecule has 108 valence electrons. The van der Waals surface area contributed by atoms with Crippen molar-refractivity contribution in [2.75, 3.05) is 39.9 Å². The molecule has 19 heavy (non-hydrogen) atoms. The maximum atomic E-state index is 5.64. The lowest BCUT2D eigenvalue weighted by Gasteiger charge is -2.32. The van der Waals surface area contributed by atoms with Gasteiger partial charge in [-0.3, -0.25) is 0 Å². The Kier molecular flexibility index (Phi) is 5.33. The minimum Gasteiger partial charge on any atom is -0.381 e. The van der Waals surface area contributed by atoms with Crippen LogP contribution in [0, 0.1) is 12.3 Å². The average molecular weight is 283 g/mol. The lowest BCUT2D eigenvalue weighted by atomic mass is 9.86. The molecule has 0 amide bonds. The second-order valence-corrected chi connectivity index (χ2v) is 6.56. The maximum Gasteiger partial charge on any atom is 0.0798 e. The van der Waals surface area contributed by atoms with Crippen LogP contribution in [0.1, 0.15) is 23.9 Å². The highest BCUT2D eigenvalue weighted by molar-refractivity contribution is 7.09. The Morgan fingerprint density at radius 2 is 2.42 bits per heavy atom. The zero-order valence-electron chi connectivity index (χ0n) is 12.2. The predicted molar refractivity (Wildman–Crippen MR) is 79.6 cm³/mol. The van der Waals surface area contributed by atoms with Gasteiger partial charge in [-0.05, 0) is 26.9 Å². The summed E-state index contributed by atoms with van der Waals surface area (Å²) in [5.74, 6) is 0. The van der Waals surface area contributed by atoms with Crippen LogP contribution in [0.15, 0.2) is 5.51 Å². The number of rotatable bonds is 7. The van der Waals surface area contributed by atoms with Gasteiger partial charge < -0.3 is 15.0 Å². The lowest BCUT2D eigenvalue weighted by Crippen LogP contribution is -2.43. The molecular formula is C14H25N3OS. The molecule has 4 nitrogen and oxygen atoms in total. The number of ether oxygens (including phenoxy) is 1.